The summed E-state index contributed by atoms with van der Waals surface area (Å²) in [7, 11) is 1.63. The predicted molar refractivity (Wildman–Crippen MR) is 106 cm³/mol. The summed E-state index contributed by atoms with van der Waals surface area (Å²) in [5, 5.41) is 14.0. The molecule has 2 heterocycles. The number of methoxy groups -OCH3 is 1. The van der Waals surface area contributed by atoms with Crippen LogP contribution < -0.4 is 4.74 Å². The summed E-state index contributed by atoms with van der Waals surface area (Å²) in [6.07, 6.45) is 5.23. The Morgan fingerprint density at radius 3 is 2.61 bits per heavy atom. The fourth-order valence-corrected chi connectivity index (χ4v) is 3.40. The first kappa shape index (κ1) is 20.2. The first-order valence-corrected chi connectivity index (χ1v) is 9.61. The van der Waals surface area contributed by atoms with Gasteiger partial charge < -0.3 is 19.5 Å². The molecule has 1 aliphatic rings. The summed E-state index contributed by atoms with van der Waals surface area (Å²) < 4.78 is 12.9. The molecule has 7 heteroatoms. The number of ether oxygens (including phenoxy) is 2. The number of piperidine rings is 1. The van der Waals surface area contributed by atoms with Crippen molar-refractivity contribution in [3.63, 3.8) is 0 Å². The highest BCUT2D eigenvalue weighted by Crippen LogP contribution is 2.32. The van der Waals surface area contributed by atoms with E-state index in [9.17, 15) is 9.90 Å². The van der Waals surface area contributed by atoms with E-state index in [4.69, 9.17) is 9.47 Å². The van der Waals surface area contributed by atoms with E-state index in [1.807, 2.05) is 56.0 Å². The van der Waals surface area contributed by atoms with Crippen LogP contribution in [0.25, 0.3) is 11.1 Å². The van der Waals surface area contributed by atoms with Gasteiger partial charge in [-0.05, 0) is 51.3 Å². The van der Waals surface area contributed by atoms with Crippen molar-refractivity contribution in [2.24, 2.45) is 0 Å². The zero-order chi connectivity index (χ0) is 20.3. The largest absolute Gasteiger partial charge is 0.496 e. The first-order valence-electron chi connectivity index (χ1n) is 9.61. The highest BCUT2D eigenvalue weighted by Gasteiger charge is 2.28. The molecule has 28 heavy (non-hydrogen) atoms. The molecular weight excluding hydrogens is 358 g/mol. The molecule has 1 N–H and O–H groups in total. The van der Waals surface area contributed by atoms with Crippen LogP contribution in [0.3, 0.4) is 0 Å². The molecule has 0 radical (unpaired) electrons. The maximum absolute atomic E-state index is 12.2. The van der Waals surface area contributed by atoms with Crippen LogP contribution in [0.4, 0.5) is 4.79 Å². The van der Waals surface area contributed by atoms with Gasteiger partial charge in [0, 0.05) is 30.4 Å². The maximum atomic E-state index is 12.2. The molecule has 2 aromatic rings. The highest BCUT2D eigenvalue weighted by molar-refractivity contribution is 5.70. The molecule has 0 atom stereocenters. The molecule has 0 unspecified atom stereocenters. The Hall–Kier alpha value is -2.54. The standard InChI is InChI=1S/C21H29N3O4/c1-21(2,3)28-20(26)23-9-7-17(8-10-23)24-13-16(12-22-24)18-11-15(14-25)5-6-19(18)27-4/h5-6,11-13,17,25H,7-10,14H2,1-4H3. The van der Waals surface area contributed by atoms with Crippen molar-refractivity contribution in [1.29, 1.82) is 0 Å². The number of benzene rings is 1. The molecule has 1 aromatic heterocycles. The summed E-state index contributed by atoms with van der Waals surface area (Å²) in [5.74, 6) is 0.747. The fraction of sp³-hybridized carbons (Fsp3) is 0.524. The number of carbonyl (C=O) groups excluding carboxylic acids is 1. The molecule has 1 saturated heterocycles. The summed E-state index contributed by atoms with van der Waals surface area (Å²) in [6, 6.07) is 5.86. The molecule has 1 fully saturated rings. The average Bonchev–Trinajstić information content (AvgIpc) is 3.16. The highest BCUT2D eigenvalue weighted by atomic mass is 16.6. The maximum Gasteiger partial charge on any atom is 0.410 e. The number of nitrogens with zero attached hydrogens (tertiary/aromatic N) is 3. The van der Waals surface area contributed by atoms with Crippen LogP contribution in [-0.2, 0) is 11.3 Å². The van der Waals surface area contributed by atoms with Gasteiger partial charge in [-0.3, -0.25) is 4.68 Å². The van der Waals surface area contributed by atoms with Crippen LogP contribution in [0, 0.1) is 0 Å². The third-order valence-corrected chi connectivity index (χ3v) is 4.85. The van der Waals surface area contributed by atoms with E-state index < -0.39 is 5.60 Å². The van der Waals surface area contributed by atoms with Crippen LogP contribution in [-0.4, -0.2) is 51.7 Å². The van der Waals surface area contributed by atoms with E-state index in [0.717, 1.165) is 35.3 Å². The third-order valence-electron chi connectivity index (χ3n) is 4.85. The Kier molecular flexibility index (Phi) is 5.93. The van der Waals surface area contributed by atoms with Crippen LogP contribution in [0.1, 0.15) is 45.2 Å². The number of rotatable bonds is 4. The minimum atomic E-state index is -0.479. The molecule has 0 bridgehead atoms. The van der Waals surface area contributed by atoms with Crippen molar-refractivity contribution in [2.45, 2.75) is 51.9 Å². The molecule has 1 aliphatic heterocycles. The molecule has 1 aromatic carbocycles. The smallest absolute Gasteiger partial charge is 0.410 e. The number of aliphatic hydroxyl groups is 1. The van der Waals surface area contributed by atoms with E-state index in [2.05, 4.69) is 5.10 Å². The fourth-order valence-electron chi connectivity index (χ4n) is 3.40. The van der Waals surface area contributed by atoms with Gasteiger partial charge >= 0.3 is 6.09 Å². The number of amides is 1. The molecule has 3 rings (SSSR count). The van der Waals surface area contributed by atoms with Gasteiger partial charge in [0.05, 0.1) is 26.0 Å². The summed E-state index contributed by atoms with van der Waals surface area (Å²) in [6.45, 7) is 6.92. The Bertz CT molecular complexity index is 817. The molecule has 0 spiro atoms. The first-order chi connectivity index (χ1) is 13.3. The lowest BCUT2D eigenvalue weighted by molar-refractivity contribution is 0.0185. The van der Waals surface area contributed by atoms with Crippen molar-refractivity contribution in [3.05, 3.63) is 36.2 Å². The lowest BCUT2D eigenvalue weighted by Gasteiger charge is -2.33. The minimum absolute atomic E-state index is 0.0196. The number of hydrogen-bond acceptors (Lipinski definition) is 5. The Morgan fingerprint density at radius 1 is 1.29 bits per heavy atom. The van der Waals surface area contributed by atoms with E-state index >= 15 is 0 Å². The second-order valence-corrected chi connectivity index (χ2v) is 8.10. The van der Waals surface area contributed by atoms with Crippen molar-refractivity contribution < 1.29 is 19.4 Å². The van der Waals surface area contributed by atoms with Gasteiger partial charge in [-0.2, -0.15) is 5.10 Å². The monoisotopic (exact) mass is 387 g/mol. The zero-order valence-electron chi connectivity index (χ0n) is 17.0. The molecule has 0 aliphatic carbocycles. The van der Waals surface area contributed by atoms with Crippen molar-refractivity contribution in [2.75, 3.05) is 20.2 Å². The normalized spacial score (nSPS) is 15.5. The van der Waals surface area contributed by atoms with Crippen LogP contribution in [0.15, 0.2) is 30.6 Å². The van der Waals surface area contributed by atoms with Crippen molar-refractivity contribution >= 4 is 6.09 Å². The van der Waals surface area contributed by atoms with Gasteiger partial charge in [0.15, 0.2) is 0 Å². The topological polar surface area (TPSA) is 76.8 Å². The molecule has 152 valence electrons. The van der Waals surface area contributed by atoms with Crippen molar-refractivity contribution in [1.82, 2.24) is 14.7 Å². The van der Waals surface area contributed by atoms with Gasteiger partial charge in [0.25, 0.3) is 0 Å². The summed E-state index contributed by atoms with van der Waals surface area (Å²) in [4.78, 5) is 14.0. The summed E-state index contributed by atoms with van der Waals surface area (Å²) in [5.41, 5.74) is 2.20. The number of likely N-dealkylation sites (tertiary alicyclic amines) is 1. The molecular formula is C21H29N3O4. The number of aromatic nitrogens is 2. The Balaban J connectivity index is 1.68. The zero-order valence-corrected chi connectivity index (χ0v) is 17.0. The average molecular weight is 387 g/mol. The van der Waals surface area contributed by atoms with Gasteiger partial charge in [0.2, 0.25) is 0 Å². The van der Waals surface area contributed by atoms with Gasteiger partial charge in [-0.15, -0.1) is 0 Å². The van der Waals surface area contributed by atoms with Gasteiger partial charge in [-0.1, -0.05) is 6.07 Å². The molecule has 1 amide bonds. The SMILES string of the molecule is COc1ccc(CO)cc1-c1cnn(C2CCN(C(=O)OC(C)(C)C)CC2)c1. The van der Waals surface area contributed by atoms with E-state index in [1.54, 1.807) is 12.0 Å². The third kappa shape index (κ3) is 4.65. The Labute approximate surface area is 165 Å². The number of aliphatic hydroxyl groups excluding tert-OH is 1. The number of carbonyl (C=O) groups is 1. The van der Waals surface area contributed by atoms with E-state index in [1.165, 1.54) is 0 Å². The van der Waals surface area contributed by atoms with Gasteiger partial charge in [-0.25, -0.2) is 4.79 Å². The second kappa shape index (κ2) is 8.22. The minimum Gasteiger partial charge on any atom is -0.496 e. The van der Waals surface area contributed by atoms with Crippen LogP contribution >= 0.6 is 0 Å². The van der Waals surface area contributed by atoms with Crippen LogP contribution in [0.5, 0.6) is 5.75 Å². The van der Waals surface area contributed by atoms with Crippen molar-refractivity contribution in [3.8, 4) is 16.9 Å². The molecule has 7 nitrogen and oxygen atoms in total. The number of hydrogen-bond donors (Lipinski definition) is 1. The quantitative estimate of drug-likeness (QED) is 0.867. The lowest BCUT2D eigenvalue weighted by Crippen LogP contribution is -2.42. The van der Waals surface area contributed by atoms with E-state index in [0.29, 0.717) is 13.1 Å². The predicted octanol–water partition coefficient (Wildman–Crippen LogP) is 3.62. The van der Waals surface area contributed by atoms with Crippen LogP contribution in [0.2, 0.25) is 0 Å². The van der Waals surface area contributed by atoms with Gasteiger partial charge in [0.1, 0.15) is 11.4 Å². The lowest BCUT2D eigenvalue weighted by atomic mass is 10.0. The molecule has 0 saturated carbocycles. The van der Waals surface area contributed by atoms with E-state index in [-0.39, 0.29) is 18.7 Å². The second-order valence-electron chi connectivity index (χ2n) is 8.10. The Morgan fingerprint density at radius 2 is 2.00 bits per heavy atom. The summed E-state index contributed by atoms with van der Waals surface area (Å²) >= 11 is 0.